The van der Waals surface area contributed by atoms with Crippen molar-refractivity contribution in [3.63, 3.8) is 0 Å². The number of pyridine rings is 1. The van der Waals surface area contributed by atoms with Gasteiger partial charge < -0.3 is 20.4 Å². The molecule has 4 amide bonds. The van der Waals surface area contributed by atoms with Gasteiger partial charge in [0, 0.05) is 48.5 Å². The van der Waals surface area contributed by atoms with Gasteiger partial charge in [0.25, 0.3) is 0 Å². The Labute approximate surface area is 205 Å². The van der Waals surface area contributed by atoms with Crippen LogP contribution < -0.4 is 20.9 Å². The minimum Gasteiger partial charge on any atom is -0.368 e. The van der Waals surface area contributed by atoms with Crippen molar-refractivity contribution in [1.29, 1.82) is 0 Å². The van der Waals surface area contributed by atoms with E-state index in [9.17, 15) is 18.4 Å². The number of anilines is 4. The van der Waals surface area contributed by atoms with Gasteiger partial charge in [-0.25, -0.2) is 23.4 Å². The molecule has 0 saturated carbocycles. The Hall–Kier alpha value is -3.86. The minimum absolute atomic E-state index is 0.303. The first-order valence-electron chi connectivity index (χ1n) is 10.9. The fourth-order valence-electron chi connectivity index (χ4n) is 3.64. The van der Waals surface area contributed by atoms with Crippen LogP contribution in [0.4, 0.5) is 41.2 Å². The molecular weight excluding hydrogens is 474 g/mol. The lowest BCUT2D eigenvalue weighted by atomic mass is 10.2. The molecule has 8 nitrogen and oxygen atoms in total. The zero-order valence-corrected chi connectivity index (χ0v) is 19.7. The predicted octanol–water partition coefficient (Wildman–Crippen LogP) is 5.08. The van der Waals surface area contributed by atoms with Crippen molar-refractivity contribution in [2.45, 2.75) is 4.90 Å². The average molecular weight is 499 g/mol. The third-order valence-corrected chi connectivity index (χ3v) is 6.24. The van der Waals surface area contributed by atoms with Gasteiger partial charge in [0.1, 0.15) is 5.82 Å². The van der Waals surface area contributed by atoms with E-state index >= 15 is 0 Å². The van der Waals surface area contributed by atoms with E-state index in [1.807, 2.05) is 54.8 Å². The summed E-state index contributed by atoms with van der Waals surface area (Å²) in [4.78, 5) is 33.0. The SMILES string of the molecule is CSc1ccccc1NC(=O)Nc1ccc(N2CCN(C(=O)Nc3ncc(F)cc3F)CC2)cc1. The highest BCUT2D eigenvalue weighted by atomic mass is 32.2. The molecule has 0 atom stereocenters. The lowest BCUT2D eigenvalue weighted by molar-refractivity contribution is 0.208. The minimum atomic E-state index is -0.923. The van der Waals surface area contributed by atoms with Crippen molar-refractivity contribution < 1.29 is 18.4 Å². The second kappa shape index (κ2) is 11.0. The van der Waals surface area contributed by atoms with Gasteiger partial charge in [0.2, 0.25) is 0 Å². The fraction of sp³-hybridized carbons (Fsp3) is 0.208. The van der Waals surface area contributed by atoms with Gasteiger partial charge in [0.05, 0.1) is 11.9 Å². The van der Waals surface area contributed by atoms with E-state index in [1.165, 1.54) is 0 Å². The lowest BCUT2D eigenvalue weighted by Crippen LogP contribution is -2.50. The summed E-state index contributed by atoms with van der Waals surface area (Å²) >= 11 is 1.55. The summed E-state index contributed by atoms with van der Waals surface area (Å²) in [6.45, 7) is 1.99. The van der Waals surface area contributed by atoms with Crippen LogP contribution in [0.5, 0.6) is 0 Å². The Bertz CT molecular complexity index is 1200. The highest BCUT2D eigenvalue weighted by Gasteiger charge is 2.22. The van der Waals surface area contributed by atoms with E-state index < -0.39 is 17.7 Å². The smallest absolute Gasteiger partial charge is 0.323 e. The number of para-hydroxylation sites is 1. The monoisotopic (exact) mass is 498 g/mol. The van der Waals surface area contributed by atoms with Crippen LogP contribution in [0.1, 0.15) is 0 Å². The van der Waals surface area contributed by atoms with Crippen LogP contribution in [-0.4, -0.2) is 54.4 Å². The molecule has 0 bridgehead atoms. The molecule has 0 unspecified atom stereocenters. The molecule has 35 heavy (non-hydrogen) atoms. The Morgan fingerprint density at radius 2 is 1.66 bits per heavy atom. The van der Waals surface area contributed by atoms with Crippen LogP contribution in [0.25, 0.3) is 0 Å². The first-order chi connectivity index (χ1) is 16.9. The third kappa shape index (κ3) is 6.18. The van der Waals surface area contributed by atoms with Crippen LogP contribution in [-0.2, 0) is 0 Å². The van der Waals surface area contributed by atoms with E-state index in [0.29, 0.717) is 37.9 Å². The van der Waals surface area contributed by atoms with E-state index in [2.05, 4.69) is 25.8 Å². The van der Waals surface area contributed by atoms with Gasteiger partial charge in [-0.05, 0) is 42.7 Å². The van der Waals surface area contributed by atoms with Crippen molar-refractivity contribution in [3.8, 4) is 0 Å². The molecule has 1 saturated heterocycles. The molecule has 0 spiro atoms. The number of nitrogens with one attached hydrogen (secondary N) is 3. The van der Waals surface area contributed by atoms with Crippen LogP contribution in [0, 0.1) is 11.6 Å². The van der Waals surface area contributed by atoms with Crippen molar-refractivity contribution >= 4 is 46.7 Å². The normalized spacial score (nSPS) is 13.3. The standard InChI is InChI=1S/C24H24F2N6O2S/c1-35-21-5-3-2-4-20(21)29-23(33)28-17-6-8-18(9-7-17)31-10-12-32(13-11-31)24(34)30-22-19(26)14-16(25)15-27-22/h2-9,14-15H,10-13H2,1H3,(H,27,30,34)(H2,28,29,33). The van der Waals surface area contributed by atoms with Gasteiger partial charge in [-0.15, -0.1) is 11.8 Å². The zero-order valence-electron chi connectivity index (χ0n) is 18.9. The van der Waals surface area contributed by atoms with Gasteiger partial charge >= 0.3 is 12.1 Å². The maximum Gasteiger partial charge on any atom is 0.323 e. The number of halogens is 2. The van der Waals surface area contributed by atoms with Gasteiger partial charge in [-0.1, -0.05) is 12.1 Å². The maximum absolute atomic E-state index is 13.7. The number of benzene rings is 2. The highest BCUT2D eigenvalue weighted by Crippen LogP contribution is 2.25. The summed E-state index contributed by atoms with van der Waals surface area (Å²) in [6.07, 6.45) is 2.80. The summed E-state index contributed by atoms with van der Waals surface area (Å²) in [7, 11) is 0. The number of amides is 4. The Kier molecular flexibility index (Phi) is 7.66. The van der Waals surface area contributed by atoms with Crippen LogP contribution in [0.2, 0.25) is 0 Å². The maximum atomic E-state index is 13.7. The quantitative estimate of drug-likeness (QED) is 0.427. The molecule has 4 rings (SSSR count). The largest absolute Gasteiger partial charge is 0.368 e. The summed E-state index contributed by atoms with van der Waals surface area (Å²) in [6, 6.07) is 14.9. The number of carbonyl (C=O) groups excluding carboxylic acids is 2. The number of thioether (sulfide) groups is 1. The summed E-state index contributed by atoms with van der Waals surface area (Å²) in [5, 5.41) is 8.06. The molecule has 3 N–H and O–H groups in total. The number of aromatic nitrogens is 1. The Morgan fingerprint density at radius 1 is 0.943 bits per heavy atom. The van der Waals surface area contributed by atoms with Crippen molar-refractivity contribution in [1.82, 2.24) is 9.88 Å². The Morgan fingerprint density at radius 3 is 2.34 bits per heavy atom. The molecule has 1 aromatic heterocycles. The molecule has 1 fully saturated rings. The molecule has 1 aliphatic rings. The number of piperazine rings is 1. The van der Waals surface area contributed by atoms with Crippen LogP contribution in [0.15, 0.2) is 65.7 Å². The summed E-state index contributed by atoms with van der Waals surface area (Å²) in [5.41, 5.74) is 2.35. The van der Waals surface area contributed by atoms with Crippen molar-refractivity contribution in [2.24, 2.45) is 0 Å². The number of nitrogens with zero attached hydrogens (tertiary/aromatic N) is 3. The lowest BCUT2D eigenvalue weighted by Gasteiger charge is -2.36. The van der Waals surface area contributed by atoms with Gasteiger partial charge in [-0.3, -0.25) is 5.32 Å². The van der Waals surface area contributed by atoms with E-state index in [1.54, 1.807) is 16.7 Å². The molecule has 0 radical (unpaired) electrons. The van der Waals surface area contributed by atoms with Crippen molar-refractivity contribution in [2.75, 3.05) is 53.3 Å². The Balaban J connectivity index is 1.28. The van der Waals surface area contributed by atoms with Gasteiger partial charge in [-0.2, -0.15) is 0 Å². The first kappa shape index (κ1) is 24.3. The summed E-state index contributed by atoms with van der Waals surface area (Å²) in [5.74, 6) is -2.03. The topological polar surface area (TPSA) is 89.6 Å². The average Bonchev–Trinajstić information content (AvgIpc) is 2.86. The van der Waals surface area contributed by atoms with E-state index in [0.717, 1.165) is 22.5 Å². The summed E-state index contributed by atoms with van der Waals surface area (Å²) < 4.78 is 26.7. The number of rotatable bonds is 5. The van der Waals surface area contributed by atoms with Crippen LogP contribution in [0.3, 0.4) is 0 Å². The molecule has 1 aliphatic heterocycles. The van der Waals surface area contributed by atoms with Crippen molar-refractivity contribution in [3.05, 3.63) is 72.4 Å². The number of carbonyl (C=O) groups is 2. The highest BCUT2D eigenvalue weighted by molar-refractivity contribution is 7.98. The molecule has 182 valence electrons. The predicted molar refractivity (Wildman–Crippen MR) is 134 cm³/mol. The molecule has 3 aromatic rings. The van der Waals surface area contributed by atoms with E-state index in [4.69, 9.17) is 0 Å². The first-order valence-corrected chi connectivity index (χ1v) is 12.1. The molecular formula is C24H24F2N6O2S. The fourth-order valence-corrected chi connectivity index (χ4v) is 4.20. The number of urea groups is 2. The zero-order chi connectivity index (χ0) is 24.8. The van der Waals surface area contributed by atoms with Gasteiger partial charge in [0.15, 0.2) is 11.6 Å². The van der Waals surface area contributed by atoms with E-state index in [-0.39, 0.29) is 11.8 Å². The number of hydrogen-bond donors (Lipinski definition) is 3. The molecule has 2 heterocycles. The molecule has 0 aliphatic carbocycles. The van der Waals surface area contributed by atoms with Crippen LogP contribution >= 0.6 is 11.8 Å². The third-order valence-electron chi connectivity index (χ3n) is 5.45. The second-order valence-electron chi connectivity index (χ2n) is 7.71. The number of hydrogen-bond acceptors (Lipinski definition) is 5. The second-order valence-corrected chi connectivity index (χ2v) is 8.56. The molecule has 11 heteroatoms. The molecule has 2 aromatic carbocycles.